The van der Waals surface area contributed by atoms with E-state index in [0.29, 0.717) is 35.3 Å². The Labute approximate surface area is 173 Å². The summed E-state index contributed by atoms with van der Waals surface area (Å²) < 4.78 is 11.1. The first kappa shape index (κ1) is 22.0. The summed E-state index contributed by atoms with van der Waals surface area (Å²) in [4.78, 5) is 12.5. The normalized spacial score (nSPS) is 11.1. The van der Waals surface area contributed by atoms with E-state index in [2.05, 4.69) is 26.1 Å². The molecule has 0 aromatic heterocycles. The quantitative estimate of drug-likeness (QED) is 0.345. The summed E-state index contributed by atoms with van der Waals surface area (Å²) >= 11 is 0. The SMILES string of the molecule is CCCCOc1ccc(C=C(C#N)C(=O)Nc2ccc(C(C)C)cc2)cc1OC. The number of nitrogens with one attached hydrogen (secondary N) is 1. The molecule has 29 heavy (non-hydrogen) atoms. The maximum absolute atomic E-state index is 12.5. The Bertz CT molecular complexity index is 893. The number of carbonyl (C=O) groups is 1. The minimum atomic E-state index is -0.452. The van der Waals surface area contributed by atoms with E-state index < -0.39 is 5.91 Å². The van der Waals surface area contributed by atoms with Crippen molar-refractivity contribution < 1.29 is 14.3 Å². The maximum Gasteiger partial charge on any atom is 0.266 e. The number of amides is 1. The molecule has 0 radical (unpaired) electrons. The summed E-state index contributed by atoms with van der Waals surface area (Å²) in [5, 5.41) is 12.2. The Morgan fingerprint density at radius 3 is 2.48 bits per heavy atom. The zero-order valence-corrected chi connectivity index (χ0v) is 17.5. The smallest absolute Gasteiger partial charge is 0.266 e. The Morgan fingerprint density at radius 2 is 1.90 bits per heavy atom. The molecule has 0 bridgehead atoms. The van der Waals surface area contributed by atoms with Gasteiger partial charge < -0.3 is 14.8 Å². The number of carbonyl (C=O) groups excluding carboxylic acids is 1. The van der Waals surface area contributed by atoms with E-state index in [1.165, 1.54) is 11.6 Å². The molecule has 1 amide bonds. The second-order valence-corrected chi connectivity index (χ2v) is 7.01. The van der Waals surface area contributed by atoms with Gasteiger partial charge in [0.15, 0.2) is 11.5 Å². The molecule has 0 heterocycles. The van der Waals surface area contributed by atoms with Crippen molar-refractivity contribution in [3.8, 4) is 17.6 Å². The fourth-order valence-electron chi connectivity index (χ4n) is 2.68. The van der Waals surface area contributed by atoms with E-state index in [-0.39, 0.29) is 5.57 Å². The molecule has 2 aromatic carbocycles. The highest BCUT2D eigenvalue weighted by Gasteiger charge is 2.11. The number of methoxy groups -OCH3 is 1. The molecule has 0 unspecified atom stereocenters. The molecular weight excluding hydrogens is 364 g/mol. The molecule has 0 aliphatic carbocycles. The molecule has 0 saturated heterocycles. The second-order valence-electron chi connectivity index (χ2n) is 7.01. The summed E-state index contributed by atoms with van der Waals surface area (Å²) in [5.41, 5.74) is 2.54. The average molecular weight is 392 g/mol. The summed E-state index contributed by atoms with van der Waals surface area (Å²) in [5.74, 6) is 1.17. The molecule has 5 heteroatoms. The Balaban J connectivity index is 2.15. The number of rotatable bonds is 9. The minimum absolute atomic E-state index is 0.0136. The zero-order valence-electron chi connectivity index (χ0n) is 17.5. The highest BCUT2D eigenvalue weighted by Crippen LogP contribution is 2.29. The first-order valence-corrected chi connectivity index (χ1v) is 9.82. The minimum Gasteiger partial charge on any atom is -0.493 e. The van der Waals surface area contributed by atoms with Gasteiger partial charge in [-0.1, -0.05) is 45.4 Å². The molecule has 2 aromatic rings. The summed E-state index contributed by atoms with van der Waals surface area (Å²) in [6, 6.07) is 14.9. The summed E-state index contributed by atoms with van der Waals surface area (Å²) in [6.07, 6.45) is 3.54. The summed E-state index contributed by atoms with van der Waals surface area (Å²) in [7, 11) is 1.56. The van der Waals surface area contributed by atoms with Crippen LogP contribution in [0.2, 0.25) is 0 Å². The Kier molecular flexibility index (Phi) is 8.29. The van der Waals surface area contributed by atoms with Gasteiger partial charge >= 0.3 is 0 Å². The Hall–Kier alpha value is -3.26. The molecule has 0 atom stereocenters. The van der Waals surface area contributed by atoms with E-state index >= 15 is 0 Å². The van der Waals surface area contributed by atoms with Gasteiger partial charge in [0.2, 0.25) is 0 Å². The lowest BCUT2D eigenvalue weighted by atomic mass is 10.0. The van der Waals surface area contributed by atoms with Crippen molar-refractivity contribution in [1.82, 2.24) is 0 Å². The van der Waals surface area contributed by atoms with Gasteiger partial charge in [-0.25, -0.2) is 0 Å². The highest BCUT2D eigenvalue weighted by molar-refractivity contribution is 6.09. The monoisotopic (exact) mass is 392 g/mol. The van der Waals surface area contributed by atoms with Gasteiger partial charge in [-0.05, 0) is 53.8 Å². The van der Waals surface area contributed by atoms with Crippen LogP contribution in [0.25, 0.3) is 6.08 Å². The van der Waals surface area contributed by atoms with Crippen LogP contribution in [-0.4, -0.2) is 19.6 Å². The van der Waals surface area contributed by atoms with Gasteiger partial charge in [0, 0.05) is 5.69 Å². The van der Waals surface area contributed by atoms with Crippen LogP contribution in [0, 0.1) is 11.3 Å². The van der Waals surface area contributed by atoms with Gasteiger partial charge in [0.25, 0.3) is 5.91 Å². The third kappa shape index (κ3) is 6.39. The van der Waals surface area contributed by atoms with Gasteiger partial charge in [-0.3, -0.25) is 4.79 Å². The number of hydrogen-bond acceptors (Lipinski definition) is 4. The lowest BCUT2D eigenvalue weighted by Gasteiger charge is -2.11. The Morgan fingerprint density at radius 1 is 1.17 bits per heavy atom. The van der Waals surface area contributed by atoms with Crippen LogP contribution >= 0.6 is 0 Å². The predicted octanol–water partition coefficient (Wildman–Crippen LogP) is 5.54. The van der Waals surface area contributed by atoms with Crippen LogP contribution in [-0.2, 0) is 4.79 Å². The molecule has 0 fully saturated rings. The van der Waals surface area contributed by atoms with Crippen molar-refractivity contribution in [2.45, 2.75) is 39.5 Å². The largest absolute Gasteiger partial charge is 0.493 e. The highest BCUT2D eigenvalue weighted by atomic mass is 16.5. The average Bonchev–Trinajstić information content (AvgIpc) is 2.73. The van der Waals surface area contributed by atoms with Crippen LogP contribution < -0.4 is 14.8 Å². The summed E-state index contributed by atoms with van der Waals surface area (Å²) in [6.45, 7) is 6.93. The van der Waals surface area contributed by atoms with E-state index in [9.17, 15) is 10.1 Å². The number of anilines is 1. The van der Waals surface area contributed by atoms with Crippen molar-refractivity contribution in [2.24, 2.45) is 0 Å². The van der Waals surface area contributed by atoms with Gasteiger partial charge in [0.05, 0.1) is 13.7 Å². The van der Waals surface area contributed by atoms with Crippen LogP contribution in [0.3, 0.4) is 0 Å². The third-order valence-corrected chi connectivity index (χ3v) is 4.45. The topological polar surface area (TPSA) is 71.3 Å². The second kappa shape index (κ2) is 10.9. The van der Waals surface area contributed by atoms with E-state index in [1.54, 1.807) is 25.3 Å². The number of nitrogens with zero attached hydrogens (tertiary/aromatic N) is 1. The molecule has 2 rings (SSSR count). The maximum atomic E-state index is 12.5. The van der Waals surface area contributed by atoms with Crippen molar-refractivity contribution in [3.63, 3.8) is 0 Å². The molecule has 0 aliphatic rings. The molecule has 0 saturated carbocycles. The lowest BCUT2D eigenvalue weighted by Crippen LogP contribution is -2.13. The predicted molar refractivity (Wildman–Crippen MR) is 116 cm³/mol. The first-order valence-electron chi connectivity index (χ1n) is 9.82. The molecule has 0 aliphatic heterocycles. The van der Waals surface area contributed by atoms with Crippen LogP contribution in [0.15, 0.2) is 48.0 Å². The van der Waals surface area contributed by atoms with Gasteiger partial charge in [-0.15, -0.1) is 0 Å². The molecule has 1 N–H and O–H groups in total. The molecular formula is C24H28N2O3. The van der Waals surface area contributed by atoms with Crippen LogP contribution in [0.5, 0.6) is 11.5 Å². The van der Waals surface area contributed by atoms with Crippen LogP contribution in [0.4, 0.5) is 5.69 Å². The van der Waals surface area contributed by atoms with E-state index in [1.807, 2.05) is 30.3 Å². The van der Waals surface area contributed by atoms with Crippen molar-refractivity contribution in [2.75, 3.05) is 19.0 Å². The number of nitriles is 1. The van der Waals surface area contributed by atoms with Gasteiger partial charge in [-0.2, -0.15) is 5.26 Å². The number of ether oxygens (including phenoxy) is 2. The zero-order chi connectivity index (χ0) is 21.2. The molecule has 0 spiro atoms. The number of hydrogen-bond donors (Lipinski definition) is 1. The number of benzene rings is 2. The van der Waals surface area contributed by atoms with Crippen molar-refractivity contribution in [1.29, 1.82) is 5.26 Å². The van der Waals surface area contributed by atoms with Crippen molar-refractivity contribution in [3.05, 3.63) is 59.2 Å². The fourth-order valence-corrected chi connectivity index (χ4v) is 2.68. The standard InChI is InChI=1S/C24H28N2O3/c1-5-6-13-29-22-12-7-18(15-23(22)28-4)14-20(16-25)24(27)26-21-10-8-19(9-11-21)17(2)3/h7-12,14-15,17H,5-6,13H2,1-4H3,(H,26,27). The lowest BCUT2D eigenvalue weighted by molar-refractivity contribution is -0.112. The van der Waals surface area contributed by atoms with Crippen LogP contribution in [0.1, 0.15) is 50.7 Å². The fraction of sp³-hybridized carbons (Fsp3) is 0.333. The van der Waals surface area contributed by atoms with Gasteiger partial charge in [0.1, 0.15) is 11.6 Å². The molecule has 5 nitrogen and oxygen atoms in total. The first-order chi connectivity index (χ1) is 14.0. The third-order valence-electron chi connectivity index (χ3n) is 4.45. The van der Waals surface area contributed by atoms with E-state index in [0.717, 1.165) is 12.8 Å². The van der Waals surface area contributed by atoms with Crippen molar-refractivity contribution >= 4 is 17.7 Å². The number of unbranched alkanes of at least 4 members (excludes halogenated alkanes) is 1. The van der Waals surface area contributed by atoms with E-state index in [4.69, 9.17) is 9.47 Å². The molecule has 152 valence electrons.